The highest BCUT2D eigenvalue weighted by molar-refractivity contribution is 5.71. The highest BCUT2D eigenvalue weighted by Gasteiger charge is 2.19. The van der Waals surface area contributed by atoms with Crippen LogP contribution in [0.2, 0.25) is 0 Å². The Kier molecular flexibility index (Phi) is 30.6. The molecule has 0 aliphatic rings. The van der Waals surface area contributed by atoms with E-state index in [2.05, 4.69) is 27.7 Å². The normalized spacial score (nSPS) is 12.6. The first-order valence-corrected chi connectivity index (χ1v) is 18.4. The smallest absolute Gasteiger partial charge is 0.306 e. The highest BCUT2D eigenvalue weighted by Crippen LogP contribution is 2.15. The van der Waals surface area contributed by atoms with Crippen molar-refractivity contribution in [2.45, 2.75) is 201 Å². The van der Waals surface area contributed by atoms with Crippen molar-refractivity contribution in [1.82, 2.24) is 0 Å². The first-order chi connectivity index (χ1) is 20.9. The molecule has 6 nitrogen and oxygen atoms in total. The van der Waals surface area contributed by atoms with E-state index in [0.717, 1.165) is 70.1 Å². The third-order valence-corrected chi connectivity index (χ3v) is 8.40. The number of hydrogen-bond donors (Lipinski definition) is 0. The summed E-state index contributed by atoms with van der Waals surface area (Å²) in [6.45, 7) is 8.83. The standard InChI is InChI=1S/C37H70O6/c1-5-8-10-12-13-14-15-16-21-25-29-36(39)42-32-34(31-41-35(38)28-24-19-11-9-6-2)43-37(40)30-26-22-18-17-20-23-27-33(4)7-3/h33-34H,5-32H2,1-4H3/t33?,34-/m1/s1. The largest absolute Gasteiger partial charge is 0.462 e. The van der Waals surface area contributed by atoms with Gasteiger partial charge < -0.3 is 14.2 Å². The van der Waals surface area contributed by atoms with Crippen molar-refractivity contribution in [3.63, 3.8) is 0 Å². The average Bonchev–Trinajstić information content (AvgIpc) is 3.00. The van der Waals surface area contributed by atoms with Gasteiger partial charge in [-0.1, -0.05) is 156 Å². The van der Waals surface area contributed by atoms with Gasteiger partial charge in [-0.2, -0.15) is 0 Å². The Morgan fingerprint density at radius 2 is 0.814 bits per heavy atom. The van der Waals surface area contributed by atoms with E-state index in [1.807, 2.05) is 0 Å². The third kappa shape index (κ3) is 30.2. The molecule has 0 rings (SSSR count). The molecular weight excluding hydrogens is 540 g/mol. The van der Waals surface area contributed by atoms with Gasteiger partial charge in [0, 0.05) is 19.3 Å². The summed E-state index contributed by atoms with van der Waals surface area (Å²) in [5, 5.41) is 0. The topological polar surface area (TPSA) is 78.9 Å². The van der Waals surface area contributed by atoms with Crippen LogP contribution in [0.25, 0.3) is 0 Å². The maximum absolute atomic E-state index is 12.5. The van der Waals surface area contributed by atoms with E-state index >= 15 is 0 Å². The van der Waals surface area contributed by atoms with Crippen LogP contribution in [0.15, 0.2) is 0 Å². The van der Waals surface area contributed by atoms with Crippen molar-refractivity contribution in [3.8, 4) is 0 Å². The summed E-state index contributed by atoms with van der Waals surface area (Å²) < 4.78 is 16.5. The molecule has 0 radical (unpaired) electrons. The van der Waals surface area contributed by atoms with Gasteiger partial charge in [-0.15, -0.1) is 0 Å². The number of ether oxygens (including phenoxy) is 3. The lowest BCUT2D eigenvalue weighted by atomic mass is 10.00. The molecule has 6 heteroatoms. The maximum Gasteiger partial charge on any atom is 0.306 e. The number of unbranched alkanes of at least 4 members (excludes halogenated alkanes) is 18. The zero-order valence-corrected chi connectivity index (χ0v) is 28.9. The van der Waals surface area contributed by atoms with Gasteiger partial charge in [0.1, 0.15) is 13.2 Å². The Morgan fingerprint density at radius 3 is 1.21 bits per heavy atom. The van der Waals surface area contributed by atoms with Gasteiger partial charge in [-0.05, 0) is 25.2 Å². The summed E-state index contributed by atoms with van der Waals surface area (Å²) in [6.07, 6.45) is 26.9. The average molecular weight is 611 g/mol. The Hall–Kier alpha value is -1.59. The third-order valence-electron chi connectivity index (χ3n) is 8.40. The predicted molar refractivity (Wildman–Crippen MR) is 178 cm³/mol. The second-order valence-electron chi connectivity index (χ2n) is 12.7. The van der Waals surface area contributed by atoms with E-state index in [1.54, 1.807) is 0 Å². The van der Waals surface area contributed by atoms with Crippen LogP contribution in [-0.4, -0.2) is 37.2 Å². The van der Waals surface area contributed by atoms with Crippen LogP contribution >= 0.6 is 0 Å². The fraction of sp³-hybridized carbons (Fsp3) is 0.919. The lowest BCUT2D eigenvalue weighted by molar-refractivity contribution is -0.167. The lowest BCUT2D eigenvalue weighted by Gasteiger charge is -2.18. The van der Waals surface area contributed by atoms with E-state index in [4.69, 9.17) is 14.2 Å². The van der Waals surface area contributed by atoms with Crippen LogP contribution in [0.5, 0.6) is 0 Å². The number of esters is 3. The number of hydrogen-bond acceptors (Lipinski definition) is 6. The van der Waals surface area contributed by atoms with Crippen molar-refractivity contribution in [1.29, 1.82) is 0 Å². The second kappa shape index (κ2) is 31.8. The Morgan fingerprint density at radius 1 is 0.465 bits per heavy atom. The monoisotopic (exact) mass is 611 g/mol. The minimum atomic E-state index is -0.756. The molecule has 0 aromatic carbocycles. The van der Waals surface area contributed by atoms with E-state index in [-0.39, 0.29) is 31.1 Å². The first kappa shape index (κ1) is 41.4. The molecule has 43 heavy (non-hydrogen) atoms. The molecule has 254 valence electrons. The number of carbonyl (C=O) groups excluding carboxylic acids is 3. The Labute approximate surface area is 266 Å². The molecule has 1 unspecified atom stereocenters. The molecule has 2 atom stereocenters. The summed E-state index contributed by atoms with van der Waals surface area (Å²) in [4.78, 5) is 37.1. The minimum absolute atomic E-state index is 0.0672. The van der Waals surface area contributed by atoms with Crippen LogP contribution in [0.1, 0.15) is 195 Å². The summed E-state index contributed by atoms with van der Waals surface area (Å²) >= 11 is 0. The second-order valence-corrected chi connectivity index (χ2v) is 12.7. The van der Waals surface area contributed by atoms with Gasteiger partial charge in [-0.25, -0.2) is 0 Å². The molecule has 0 aliphatic carbocycles. The first-order valence-electron chi connectivity index (χ1n) is 18.4. The van der Waals surface area contributed by atoms with E-state index in [9.17, 15) is 14.4 Å². The molecule has 0 saturated heterocycles. The van der Waals surface area contributed by atoms with Crippen molar-refractivity contribution in [2.24, 2.45) is 5.92 Å². The molecule has 0 aromatic heterocycles. The van der Waals surface area contributed by atoms with Crippen LogP contribution in [0.3, 0.4) is 0 Å². The van der Waals surface area contributed by atoms with Crippen molar-refractivity contribution in [3.05, 3.63) is 0 Å². The summed E-state index contributed by atoms with van der Waals surface area (Å²) in [5.74, 6) is -0.0753. The zero-order valence-electron chi connectivity index (χ0n) is 28.9. The Bertz CT molecular complexity index is 649. The van der Waals surface area contributed by atoms with Crippen LogP contribution in [0.4, 0.5) is 0 Å². The summed E-state index contributed by atoms with van der Waals surface area (Å²) in [5.41, 5.74) is 0. The van der Waals surface area contributed by atoms with Gasteiger partial charge in [0.05, 0.1) is 0 Å². The van der Waals surface area contributed by atoms with Crippen molar-refractivity contribution in [2.75, 3.05) is 13.2 Å². The van der Waals surface area contributed by atoms with Crippen molar-refractivity contribution < 1.29 is 28.6 Å². The molecule has 0 amide bonds. The summed E-state index contributed by atoms with van der Waals surface area (Å²) in [6, 6.07) is 0. The molecule has 0 heterocycles. The van der Waals surface area contributed by atoms with Gasteiger partial charge >= 0.3 is 17.9 Å². The number of carbonyl (C=O) groups is 3. The van der Waals surface area contributed by atoms with E-state index in [1.165, 1.54) is 83.5 Å². The van der Waals surface area contributed by atoms with Gasteiger partial charge in [0.15, 0.2) is 6.10 Å². The van der Waals surface area contributed by atoms with E-state index in [0.29, 0.717) is 19.3 Å². The van der Waals surface area contributed by atoms with Crippen LogP contribution in [0, 0.1) is 5.92 Å². The molecule has 0 aromatic rings. The van der Waals surface area contributed by atoms with E-state index < -0.39 is 6.10 Å². The van der Waals surface area contributed by atoms with Crippen LogP contribution < -0.4 is 0 Å². The molecule has 0 spiro atoms. The predicted octanol–water partition coefficient (Wildman–Crippen LogP) is 10.8. The Balaban J connectivity index is 4.32. The highest BCUT2D eigenvalue weighted by atomic mass is 16.6. The molecular formula is C37H70O6. The zero-order chi connectivity index (χ0) is 31.8. The van der Waals surface area contributed by atoms with Gasteiger partial charge in [0.25, 0.3) is 0 Å². The fourth-order valence-electron chi connectivity index (χ4n) is 5.18. The molecule has 0 saturated carbocycles. The maximum atomic E-state index is 12.5. The SMILES string of the molecule is CCCCCCCCCCCCC(=O)OC[C@@H](COC(=O)CCCCCCC)OC(=O)CCCCCCCCC(C)CC. The summed E-state index contributed by atoms with van der Waals surface area (Å²) in [7, 11) is 0. The molecule has 0 fully saturated rings. The van der Waals surface area contributed by atoms with Gasteiger partial charge in [0.2, 0.25) is 0 Å². The fourth-order valence-corrected chi connectivity index (χ4v) is 5.18. The van der Waals surface area contributed by atoms with Crippen LogP contribution in [-0.2, 0) is 28.6 Å². The van der Waals surface area contributed by atoms with Gasteiger partial charge in [-0.3, -0.25) is 14.4 Å². The molecule has 0 aliphatic heterocycles. The molecule has 0 bridgehead atoms. The quantitative estimate of drug-likeness (QED) is 0.0428. The minimum Gasteiger partial charge on any atom is -0.462 e. The number of rotatable bonds is 32. The molecule has 0 N–H and O–H groups in total. The lowest BCUT2D eigenvalue weighted by Crippen LogP contribution is -2.30. The van der Waals surface area contributed by atoms with Crippen molar-refractivity contribution >= 4 is 17.9 Å².